The van der Waals surface area contributed by atoms with Gasteiger partial charge in [0.2, 0.25) is 0 Å². The normalized spacial score (nSPS) is 12.6. The predicted octanol–water partition coefficient (Wildman–Crippen LogP) is 7.43. The maximum Gasteiger partial charge on any atom is 0.338 e. The standard InChI is InChI=1S/C30H34O4/c1-5-21(3)19-33-29(31)27-15-11-25(12-16-27)23-7-9-24(10-8-23)26-13-17-28(18-14-26)30(32)34-20-22(4)6-2/h7-18,21-22H,5-6,19-20H2,1-4H3. The van der Waals surface area contributed by atoms with Crippen molar-refractivity contribution >= 4 is 11.9 Å². The molecule has 0 aliphatic rings. The first kappa shape index (κ1) is 25.2. The van der Waals surface area contributed by atoms with Crippen LogP contribution in [0.15, 0.2) is 72.8 Å². The summed E-state index contributed by atoms with van der Waals surface area (Å²) in [5.41, 5.74) is 5.31. The van der Waals surface area contributed by atoms with Crippen LogP contribution in [0.2, 0.25) is 0 Å². The first-order valence-electron chi connectivity index (χ1n) is 12.1. The van der Waals surface area contributed by atoms with Crippen molar-refractivity contribution in [2.75, 3.05) is 13.2 Å². The van der Waals surface area contributed by atoms with E-state index < -0.39 is 0 Å². The molecule has 2 atom stereocenters. The van der Waals surface area contributed by atoms with E-state index in [0.29, 0.717) is 36.2 Å². The summed E-state index contributed by atoms with van der Waals surface area (Å²) in [5, 5.41) is 0. The minimum absolute atomic E-state index is 0.283. The minimum Gasteiger partial charge on any atom is -0.462 e. The van der Waals surface area contributed by atoms with Crippen molar-refractivity contribution in [3.63, 3.8) is 0 Å². The number of rotatable bonds is 10. The molecule has 0 aliphatic heterocycles. The molecule has 178 valence electrons. The van der Waals surface area contributed by atoms with E-state index >= 15 is 0 Å². The quantitative estimate of drug-likeness (QED) is 0.297. The average molecular weight is 459 g/mol. The van der Waals surface area contributed by atoms with E-state index in [1.807, 2.05) is 24.3 Å². The molecule has 0 saturated carbocycles. The molecule has 2 unspecified atom stereocenters. The van der Waals surface area contributed by atoms with Crippen LogP contribution in [0.25, 0.3) is 22.3 Å². The van der Waals surface area contributed by atoms with E-state index in [2.05, 4.69) is 52.0 Å². The largest absolute Gasteiger partial charge is 0.462 e. The topological polar surface area (TPSA) is 52.6 Å². The fourth-order valence-electron chi connectivity index (χ4n) is 3.29. The van der Waals surface area contributed by atoms with Crippen LogP contribution < -0.4 is 0 Å². The fourth-order valence-corrected chi connectivity index (χ4v) is 3.29. The van der Waals surface area contributed by atoms with E-state index in [0.717, 1.165) is 35.1 Å². The zero-order valence-electron chi connectivity index (χ0n) is 20.5. The van der Waals surface area contributed by atoms with Crippen LogP contribution in [0.5, 0.6) is 0 Å². The van der Waals surface area contributed by atoms with Gasteiger partial charge in [0.1, 0.15) is 0 Å². The van der Waals surface area contributed by atoms with Crippen LogP contribution in [0, 0.1) is 11.8 Å². The monoisotopic (exact) mass is 458 g/mol. The lowest BCUT2D eigenvalue weighted by atomic mass is 9.99. The Morgan fingerprint density at radius 1 is 0.559 bits per heavy atom. The molecule has 4 heteroatoms. The predicted molar refractivity (Wildman–Crippen MR) is 137 cm³/mol. The Bertz CT molecular complexity index is 978. The first-order valence-corrected chi connectivity index (χ1v) is 12.1. The number of carbonyl (C=O) groups excluding carboxylic acids is 2. The number of esters is 2. The van der Waals surface area contributed by atoms with E-state index in [9.17, 15) is 9.59 Å². The van der Waals surface area contributed by atoms with Crippen LogP contribution in [0.1, 0.15) is 61.3 Å². The number of ether oxygens (including phenoxy) is 2. The molecule has 4 nitrogen and oxygen atoms in total. The summed E-state index contributed by atoms with van der Waals surface area (Å²) in [6.07, 6.45) is 1.97. The van der Waals surface area contributed by atoms with Crippen LogP contribution in [-0.4, -0.2) is 25.2 Å². The van der Waals surface area contributed by atoms with Crippen molar-refractivity contribution in [3.05, 3.63) is 83.9 Å². The Morgan fingerprint density at radius 3 is 1.09 bits per heavy atom. The molecule has 3 aromatic rings. The molecule has 3 aromatic carbocycles. The first-order chi connectivity index (χ1) is 16.4. The third kappa shape index (κ3) is 6.80. The van der Waals surface area contributed by atoms with Crippen LogP contribution in [0.4, 0.5) is 0 Å². The molecule has 3 rings (SSSR count). The summed E-state index contributed by atoms with van der Waals surface area (Å²) in [6, 6.07) is 23.2. The second-order valence-electron chi connectivity index (χ2n) is 8.96. The van der Waals surface area contributed by atoms with Gasteiger partial charge in [-0.1, -0.05) is 89.1 Å². The van der Waals surface area contributed by atoms with Crippen molar-refractivity contribution in [2.24, 2.45) is 11.8 Å². The van der Waals surface area contributed by atoms with Gasteiger partial charge in [-0.05, 0) is 58.4 Å². The molecule has 0 amide bonds. The maximum absolute atomic E-state index is 12.2. The summed E-state index contributed by atoms with van der Waals surface area (Å²) in [5.74, 6) is 0.159. The molecular formula is C30H34O4. The van der Waals surface area contributed by atoms with Gasteiger partial charge in [-0.3, -0.25) is 0 Å². The molecule has 0 spiro atoms. The fraction of sp³-hybridized carbons (Fsp3) is 0.333. The van der Waals surface area contributed by atoms with Gasteiger partial charge in [0.05, 0.1) is 24.3 Å². The van der Waals surface area contributed by atoms with Gasteiger partial charge < -0.3 is 9.47 Å². The number of hydrogen-bond acceptors (Lipinski definition) is 4. The lowest BCUT2D eigenvalue weighted by Crippen LogP contribution is -2.11. The highest BCUT2D eigenvalue weighted by atomic mass is 16.5. The summed E-state index contributed by atoms with van der Waals surface area (Å²) in [7, 11) is 0. The molecule has 0 saturated heterocycles. The van der Waals surface area contributed by atoms with E-state index in [1.54, 1.807) is 24.3 Å². The minimum atomic E-state index is -0.283. The van der Waals surface area contributed by atoms with Crippen LogP contribution in [-0.2, 0) is 9.47 Å². The summed E-state index contributed by atoms with van der Waals surface area (Å²) < 4.78 is 10.8. The van der Waals surface area contributed by atoms with Crippen LogP contribution in [0.3, 0.4) is 0 Å². The SMILES string of the molecule is CCC(C)COC(=O)c1ccc(-c2ccc(-c3ccc(C(=O)OCC(C)CC)cc3)cc2)cc1. The highest BCUT2D eigenvalue weighted by Gasteiger charge is 2.11. The summed E-state index contributed by atoms with van der Waals surface area (Å²) in [4.78, 5) is 24.4. The third-order valence-electron chi connectivity index (χ3n) is 6.18. The van der Waals surface area contributed by atoms with Crippen molar-refractivity contribution in [3.8, 4) is 22.3 Å². The van der Waals surface area contributed by atoms with Gasteiger partial charge in [0, 0.05) is 0 Å². The number of benzene rings is 3. The summed E-state index contributed by atoms with van der Waals surface area (Å²) in [6.45, 7) is 9.19. The molecule has 0 fully saturated rings. The lowest BCUT2D eigenvalue weighted by Gasteiger charge is -2.10. The summed E-state index contributed by atoms with van der Waals surface area (Å²) >= 11 is 0. The third-order valence-corrected chi connectivity index (χ3v) is 6.18. The van der Waals surface area contributed by atoms with Gasteiger partial charge in [-0.2, -0.15) is 0 Å². The highest BCUT2D eigenvalue weighted by Crippen LogP contribution is 2.26. The van der Waals surface area contributed by atoms with Gasteiger partial charge in [-0.15, -0.1) is 0 Å². The van der Waals surface area contributed by atoms with Gasteiger partial charge in [-0.25, -0.2) is 9.59 Å². The molecule has 34 heavy (non-hydrogen) atoms. The molecule has 0 aromatic heterocycles. The second kappa shape index (κ2) is 12.2. The molecule has 0 radical (unpaired) electrons. The Kier molecular flexibility index (Phi) is 9.03. The molecule has 0 bridgehead atoms. The van der Waals surface area contributed by atoms with Gasteiger partial charge in [0.15, 0.2) is 0 Å². The van der Waals surface area contributed by atoms with E-state index in [4.69, 9.17) is 9.47 Å². The average Bonchev–Trinajstić information content (AvgIpc) is 2.90. The molecule has 0 N–H and O–H groups in total. The lowest BCUT2D eigenvalue weighted by molar-refractivity contribution is 0.0438. The van der Waals surface area contributed by atoms with Crippen LogP contribution >= 0.6 is 0 Å². The van der Waals surface area contributed by atoms with Gasteiger partial charge in [0.25, 0.3) is 0 Å². The second-order valence-corrected chi connectivity index (χ2v) is 8.96. The Labute approximate surface area is 202 Å². The molecular weight excluding hydrogens is 424 g/mol. The molecule has 0 heterocycles. The highest BCUT2D eigenvalue weighted by molar-refractivity contribution is 5.91. The zero-order valence-corrected chi connectivity index (χ0v) is 20.5. The van der Waals surface area contributed by atoms with Gasteiger partial charge >= 0.3 is 11.9 Å². The molecule has 0 aliphatic carbocycles. The van der Waals surface area contributed by atoms with Crippen molar-refractivity contribution in [1.29, 1.82) is 0 Å². The Balaban J connectivity index is 1.62. The van der Waals surface area contributed by atoms with E-state index in [-0.39, 0.29) is 11.9 Å². The zero-order chi connectivity index (χ0) is 24.5. The number of hydrogen-bond donors (Lipinski definition) is 0. The van der Waals surface area contributed by atoms with Crippen molar-refractivity contribution < 1.29 is 19.1 Å². The van der Waals surface area contributed by atoms with E-state index in [1.165, 1.54) is 0 Å². The van der Waals surface area contributed by atoms with Crippen molar-refractivity contribution in [2.45, 2.75) is 40.5 Å². The Morgan fingerprint density at radius 2 is 0.824 bits per heavy atom. The maximum atomic E-state index is 12.2. The Hall–Kier alpha value is -3.40. The van der Waals surface area contributed by atoms with Crippen molar-refractivity contribution in [1.82, 2.24) is 0 Å². The number of carbonyl (C=O) groups is 2. The smallest absolute Gasteiger partial charge is 0.338 e.